The molecule has 2 amide bonds. The predicted molar refractivity (Wildman–Crippen MR) is 132 cm³/mol. The number of thiazole rings is 1. The third-order valence-corrected chi connectivity index (χ3v) is 7.61. The molecule has 0 aliphatic heterocycles. The van der Waals surface area contributed by atoms with E-state index < -0.39 is 6.04 Å². The lowest BCUT2D eigenvalue weighted by atomic mass is 9.84. The second kappa shape index (κ2) is 10.8. The number of carbonyl (C=O) groups is 2. The first-order valence-corrected chi connectivity index (χ1v) is 13.0. The van der Waals surface area contributed by atoms with Gasteiger partial charge in [0.2, 0.25) is 5.91 Å². The molecule has 0 unspecified atom stereocenters. The number of rotatable bonds is 9. The Bertz CT molecular complexity index is 987. The van der Waals surface area contributed by atoms with Gasteiger partial charge < -0.3 is 15.5 Å². The summed E-state index contributed by atoms with van der Waals surface area (Å²) in [6.07, 6.45) is 12.0. The van der Waals surface area contributed by atoms with Gasteiger partial charge in [-0.1, -0.05) is 43.7 Å². The Morgan fingerprint density at radius 3 is 2.67 bits per heavy atom. The summed E-state index contributed by atoms with van der Waals surface area (Å²) in [7, 11) is 1.95. The highest BCUT2D eigenvalue weighted by atomic mass is 35.5. The van der Waals surface area contributed by atoms with Crippen LogP contribution < -0.4 is 15.5 Å². The first-order valence-electron chi connectivity index (χ1n) is 11.8. The molecule has 2 heterocycles. The number of pyridine rings is 1. The summed E-state index contributed by atoms with van der Waals surface area (Å²) in [5.74, 6) is 0.216. The molecule has 4 rings (SSSR count). The normalized spacial score (nSPS) is 17.4. The summed E-state index contributed by atoms with van der Waals surface area (Å²) in [6.45, 7) is 2.47. The molecule has 2 fully saturated rings. The minimum Gasteiger partial charge on any atom is -0.366 e. The Morgan fingerprint density at radius 2 is 1.94 bits per heavy atom. The van der Waals surface area contributed by atoms with Gasteiger partial charge in [-0.15, -0.1) is 11.3 Å². The molecular formula is C24H32ClN5O2S. The molecule has 2 aromatic rings. The molecule has 0 saturated heterocycles. The van der Waals surface area contributed by atoms with Gasteiger partial charge in [-0.2, -0.15) is 0 Å². The van der Waals surface area contributed by atoms with Crippen LogP contribution in [0.4, 0.5) is 5.69 Å². The monoisotopic (exact) mass is 489 g/mol. The van der Waals surface area contributed by atoms with Crippen molar-refractivity contribution >= 4 is 40.4 Å². The number of nitrogens with zero attached hydrogens (tertiary/aromatic N) is 3. The number of hydrogen-bond acceptors (Lipinski definition) is 6. The average molecular weight is 490 g/mol. The van der Waals surface area contributed by atoms with Gasteiger partial charge >= 0.3 is 0 Å². The largest absolute Gasteiger partial charge is 0.366 e. The molecule has 2 aliphatic rings. The van der Waals surface area contributed by atoms with E-state index in [0.29, 0.717) is 28.8 Å². The van der Waals surface area contributed by atoms with Crippen molar-refractivity contribution in [2.45, 2.75) is 76.9 Å². The Labute approximate surface area is 204 Å². The fraction of sp³-hybridized carbons (Fsp3) is 0.583. The van der Waals surface area contributed by atoms with Gasteiger partial charge in [-0.25, -0.2) is 4.98 Å². The van der Waals surface area contributed by atoms with Crippen molar-refractivity contribution in [2.24, 2.45) is 5.92 Å². The average Bonchev–Trinajstić information content (AvgIpc) is 3.49. The molecule has 33 heavy (non-hydrogen) atoms. The minimum absolute atomic E-state index is 0.0511. The van der Waals surface area contributed by atoms with Crippen LogP contribution in [0.2, 0.25) is 5.02 Å². The quantitative estimate of drug-likeness (QED) is 0.542. The highest BCUT2D eigenvalue weighted by Gasteiger charge is 2.31. The molecule has 7 nitrogen and oxygen atoms in total. The standard InChI is InChI=1S/C24H32ClN5O2S/c1-15-20(11-17(25)12-26-15)30(2)14-22-27-13-21(33-22)24(32)29-19(23(31)28-18-8-9-18)10-16-6-4-3-5-7-16/h11-13,16,18-19H,3-10,14H2,1-2H3,(H,28,31)(H,29,32)/t19-/m0/s1. The Kier molecular flexibility index (Phi) is 7.86. The number of carbonyl (C=O) groups excluding carboxylic acids is 2. The van der Waals surface area contributed by atoms with E-state index in [1.807, 2.05) is 24.9 Å². The SMILES string of the molecule is Cc1ncc(Cl)cc1N(C)Cc1ncc(C(=O)N[C@@H](CC2CCCCC2)C(=O)NC2CC2)s1. The summed E-state index contributed by atoms with van der Waals surface area (Å²) >= 11 is 7.45. The molecule has 2 aliphatic carbocycles. The van der Waals surface area contributed by atoms with Gasteiger partial charge in [0.1, 0.15) is 15.9 Å². The molecule has 2 saturated carbocycles. The molecular weight excluding hydrogens is 458 g/mol. The summed E-state index contributed by atoms with van der Waals surface area (Å²) in [4.78, 5) is 37.1. The van der Waals surface area contributed by atoms with Crippen LogP contribution in [0.25, 0.3) is 0 Å². The van der Waals surface area contributed by atoms with Crippen LogP contribution in [0.5, 0.6) is 0 Å². The second-order valence-corrected chi connectivity index (χ2v) is 10.8. The van der Waals surface area contributed by atoms with Gasteiger partial charge in [0.05, 0.1) is 29.1 Å². The topological polar surface area (TPSA) is 87.2 Å². The zero-order valence-corrected chi connectivity index (χ0v) is 20.8. The van der Waals surface area contributed by atoms with Gasteiger partial charge in [-0.05, 0) is 38.2 Å². The molecule has 0 spiro atoms. The number of aryl methyl sites for hydroxylation is 1. The van der Waals surface area contributed by atoms with E-state index in [-0.39, 0.29) is 17.9 Å². The van der Waals surface area contributed by atoms with E-state index >= 15 is 0 Å². The van der Waals surface area contributed by atoms with Crippen LogP contribution >= 0.6 is 22.9 Å². The van der Waals surface area contributed by atoms with E-state index in [9.17, 15) is 9.59 Å². The predicted octanol–water partition coefficient (Wildman–Crippen LogP) is 4.48. The van der Waals surface area contributed by atoms with Crippen molar-refractivity contribution in [2.75, 3.05) is 11.9 Å². The van der Waals surface area contributed by atoms with Crippen molar-refractivity contribution in [3.8, 4) is 0 Å². The molecule has 178 valence electrons. The number of hydrogen-bond donors (Lipinski definition) is 2. The van der Waals surface area contributed by atoms with E-state index in [0.717, 1.165) is 42.1 Å². The molecule has 0 radical (unpaired) electrons. The molecule has 2 N–H and O–H groups in total. The van der Waals surface area contributed by atoms with E-state index in [1.165, 1.54) is 30.6 Å². The third kappa shape index (κ3) is 6.67. The van der Waals surface area contributed by atoms with Crippen molar-refractivity contribution in [1.29, 1.82) is 0 Å². The number of halogens is 1. The van der Waals surface area contributed by atoms with Crippen LogP contribution in [0.15, 0.2) is 18.5 Å². The van der Waals surface area contributed by atoms with E-state index in [1.54, 1.807) is 12.4 Å². The maximum atomic E-state index is 13.0. The van der Waals surface area contributed by atoms with Gasteiger partial charge in [0.25, 0.3) is 5.91 Å². The number of nitrogens with one attached hydrogen (secondary N) is 2. The van der Waals surface area contributed by atoms with Crippen LogP contribution in [-0.2, 0) is 11.3 Å². The third-order valence-electron chi connectivity index (χ3n) is 6.43. The fourth-order valence-electron chi connectivity index (χ4n) is 4.41. The zero-order chi connectivity index (χ0) is 23.4. The smallest absolute Gasteiger partial charge is 0.263 e. The summed E-state index contributed by atoms with van der Waals surface area (Å²) in [5, 5.41) is 7.47. The van der Waals surface area contributed by atoms with Crippen LogP contribution in [0.3, 0.4) is 0 Å². The van der Waals surface area contributed by atoms with Gasteiger partial charge in [0.15, 0.2) is 0 Å². The van der Waals surface area contributed by atoms with E-state index in [4.69, 9.17) is 11.6 Å². The van der Waals surface area contributed by atoms with Crippen molar-refractivity contribution < 1.29 is 9.59 Å². The number of amides is 2. The van der Waals surface area contributed by atoms with Gasteiger partial charge in [0, 0.05) is 19.3 Å². The molecule has 0 bridgehead atoms. The van der Waals surface area contributed by atoms with Crippen molar-refractivity contribution in [3.63, 3.8) is 0 Å². The highest BCUT2D eigenvalue weighted by Crippen LogP contribution is 2.28. The van der Waals surface area contributed by atoms with Crippen LogP contribution in [-0.4, -0.2) is 40.9 Å². The number of aromatic nitrogens is 2. The minimum atomic E-state index is -0.491. The van der Waals surface area contributed by atoms with Gasteiger partial charge in [-0.3, -0.25) is 14.6 Å². The zero-order valence-electron chi connectivity index (χ0n) is 19.3. The van der Waals surface area contributed by atoms with Crippen molar-refractivity contribution in [1.82, 2.24) is 20.6 Å². The summed E-state index contributed by atoms with van der Waals surface area (Å²) in [5.41, 5.74) is 1.80. The first kappa shape index (κ1) is 24.0. The molecule has 0 aromatic carbocycles. The number of anilines is 1. The second-order valence-electron chi connectivity index (χ2n) is 9.28. The maximum absolute atomic E-state index is 13.0. The summed E-state index contributed by atoms with van der Waals surface area (Å²) < 4.78 is 0. The first-order chi connectivity index (χ1) is 15.9. The lowest BCUT2D eigenvalue weighted by Crippen LogP contribution is -2.48. The fourth-order valence-corrected chi connectivity index (χ4v) is 5.43. The molecule has 9 heteroatoms. The van der Waals surface area contributed by atoms with Crippen molar-refractivity contribution in [3.05, 3.63) is 39.1 Å². The molecule has 2 aromatic heterocycles. The molecule has 1 atom stereocenters. The van der Waals surface area contributed by atoms with E-state index in [2.05, 4.69) is 20.6 Å². The Morgan fingerprint density at radius 1 is 1.18 bits per heavy atom. The lowest BCUT2D eigenvalue weighted by Gasteiger charge is -2.26. The highest BCUT2D eigenvalue weighted by molar-refractivity contribution is 7.13. The summed E-state index contributed by atoms with van der Waals surface area (Å²) in [6, 6.07) is 1.66. The van der Waals surface area contributed by atoms with Crippen LogP contribution in [0, 0.1) is 12.8 Å². The lowest BCUT2D eigenvalue weighted by molar-refractivity contribution is -0.123. The van der Waals surface area contributed by atoms with Crippen LogP contribution in [0.1, 0.15) is 71.7 Å². The maximum Gasteiger partial charge on any atom is 0.263 e. The Hall–Kier alpha value is -2.19. The Balaban J connectivity index is 1.39.